The molecule has 1 aliphatic heterocycles. The number of nitrogen functional groups attached to an aromatic ring is 1. The predicted octanol–water partition coefficient (Wildman–Crippen LogP) is 1.91. The summed E-state index contributed by atoms with van der Waals surface area (Å²) in [5.41, 5.74) is 6.42. The van der Waals surface area contributed by atoms with E-state index in [2.05, 4.69) is 4.98 Å². The number of nitrogens with zero attached hydrogens (tertiary/aromatic N) is 2. The molecule has 2 N–H and O–H groups in total. The van der Waals surface area contributed by atoms with Crippen LogP contribution in [0, 0.1) is 18.8 Å². The minimum atomic E-state index is 0.131. The standard InChI is InChI=1S/C12H17N3OS/c1-7-10(17-12(13)14-7)11(16)15-5-8-3-2-4-9(8)6-15/h8-9H,2-6H2,1H3,(H2,13,14). The summed E-state index contributed by atoms with van der Waals surface area (Å²) < 4.78 is 0. The molecule has 17 heavy (non-hydrogen) atoms. The van der Waals surface area contributed by atoms with Crippen LogP contribution in [0.2, 0.25) is 0 Å². The van der Waals surface area contributed by atoms with Crippen molar-refractivity contribution in [2.75, 3.05) is 18.8 Å². The van der Waals surface area contributed by atoms with Crippen molar-refractivity contribution in [3.63, 3.8) is 0 Å². The van der Waals surface area contributed by atoms with Gasteiger partial charge in [-0.2, -0.15) is 0 Å². The molecule has 92 valence electrons. The van der Waals surface area contributed by atoms with Gasteiger partial charge in [0, 0.05) is 13.1 Å². The molecule has 1 saturated heterocycles. The van der Waals surface area contributed by atoms with Gasteiger partial charge in [0.05, 0.1) is 5.69 Å². The molecule has 1 aromatic rings. The van der Waals surface area contributed by atoms with E-state index >= 15 is 0 Å². The first kappa shape index (κ1) is 11.0. The van der Waals surface area contributed by atoms with E-state index in [4.69, 9.17) is 5.73 Å². The van der Waals surface area contributed by atoms with Crippen molar-refractivity contribution < 1.29 is 4.79 Å². The van der Waals surface area contributed by atoms with Crippen molar-refractivity contribution >= 4 is 22.4 Å². The number of rotatable bonds is 1. The number of nitrogens with two attached hydrogens (primary N) is 1. The maximum absolute atomic E-state index is 12.4. The zero-order chi connectivity index (χ0) is 12.0. The number of likely N-dealkylation sites (tertiary alicyclic amines) is 1. The van der Waals surface area contributed by atoms with Crippen LogP contribution in [0.4, 0.5) is 5.13 Å². The normalized spacial score (nSPS) is 27.5. The number of aryl methyl sites for hydroxylation is 1. The molecule has 2 aliphatic rings. The topological polar surface area (TPSA) is 59.2 Å². The molecular weight excluding hydrogens is 234 g/mol. The van der Waals surface area contributed by atoms with Crippen molar-refractivity contribution in [3.05, 3.63) is 10.6 Å². The summed E-state index contributed by atoms with van der Waals surface area (Å²) in [4.78, 5) is 19.2. The van der Waals surface area contributed by atoms with Crippen molar-refractivity contribution in [1.82, 2.24) is 9.88 Å². The minimum Gasteiger partial charge on any atom is -0.375 e. The SMILES string of the molecule is Cc1nc(N)sc1C(=O)N1CC2CCCC2C1. The molecule has 1 aliphatic carbocycles. The van der Waals surface area contributed by atoms with Gasteiger partial charge in [0.25, 0.3) is 5.91 Å². The Hall–Kier alpha value is -1.10. The van der Waals surface area contributed by atoms with Crippen LogP contribution >= 0.6 is 11.3 Å². The molecule has 2 fully saturated rings. The van der Waals surface area contributed by atoms with Gasteiger partial charge in [0.1, 0.15) is 4.88 Å². The number of hydrogen-bond donors (Lipinski definition) is 1. The molecule has 4 nitrogen and oxygen atoms in total. The summed E-state index contributed by atoms with van der Waals surface area (Å²) in [6, 6.07) is 0. The Morgan fingerprint density at radius 3 is 2.59 bits per heavy atom. The number of hydrogen-bond acceptors (Lipinski definition) is 4. The number of carbonyl (C=O) groups is 1. The van der Waals surface area contributed by atoms with Gasteiger partial charge >= 0.3 is 0 Å². The molecule has 3 rings (SSSR count). The minimum absolute atomic E-state index is 0.131. The van der Waals surface area contributed by atoms with Gasteiger partial charge in [-0.25, -0.2) is 4.98 Å². The molecule has 5 heteroatoms. The monoisotopic (exact) mass is 251 g/mol. The van der Waals surface area contributed by atoms with Crippen molar-refractivity contribution in [3.8, 4) is 0 Å². The first-order valence-corrected chi connectivity index (χ1v) is 6.99. The van der Waals surface area contributed by atoms with Crippen LogP contribution in [0.15, 0.2) is 0 Å². The lowest BCUT2D eigenvalue weighted by Gasteiger charge is -2.16. The average Bonchev–Trinajstić information content (AvgIpc) is 2.90. The molecule has 1 amide bonds. The lowest BCUT2D eigenvalue weighted by molar-refractivity contribution is 0.0784. The van der Waals surface area contributed by atoms with E-state index in [1.54, 1.807) is 0 Å². The van der Waals surface area contributed by atoms with E-state index in [0.29, 0.717) is 5.13 Å². The molecule has 0 radical (unpaired) electrons. The van der Waals surface area contributed by atoms with E-state index < -0.39 is 0 Å². The van der Waals surface area contributed by atoms with Crippen molar-refractivity contribution in [1.29, 1.82) is 0 Å². The van der Waals surface area contributed by atoms with Gasteiger partial charge < -0.3 is 10.6 Å². The van der Waals surface area contributed by atoms with Crippen LogP contribution in [0.25, 0.3) is 0 Å². The summed E-state index contributed by atoms with van der Waals surface area (Å²) >= 11 is 1.31. The quantitative estimate of drug-likeness (QED) is 0.829. The highest BCUT2D eigenvalue weighted by Gasteiger charge is 2.38. The van der Waals surface area contributed by atoms with E-state index in [-0.39, 0.29) is 5.91 Å². The van der Waals surface area contributed by atoms with E-state index in [1.807, 2.05) is 11.8 Å². The summed E-state index contributed by atoms with van der Waals surface area (Å²) in [6.07, 6.45) is 3.92. The molecule has 0 spiro atoms. The number of amides is 1. The Morgan fingerprint density at radius 1 is 1.41 bits per heavy atom. The number of carbonyl (C=O) groups excluding carboxylic acids is 1. The first-order chi connectivity index (χ1) is 8.15. The summed E-state index contributed by atoms with van der Waals surface area (Å²) in [5, 5.41) is 0.491. The van der Waals surface area contributed by atoms with Crippen molar-refractivity contribution in [2.24, 2.45) is 11.8 Å². The molecule has 2 unspecified atom stereocenters. The second kappa shape index (κ2) is 3.98. The molecule has 1 saturated carbocycles. The fraction of sp³-hybridized carbons (Fsp3) is 0.667. The number of anilines is 1. The van der Waals surface area contributed by atoms with Gasteiger partial charge in [-0.05, 0) is 31.6 Å². The molecular formula is C12H17N3OS. The smallest absolute Gasteiger partial charge is 0.265 e. The fourth-order valence-electron chi connectivity index (χ4n) is 3.16. The third-order valence-electron chi connectivity index (χ3n) is 4.02. The lowest BCUT2D eigenvalue weighted by atomic mass is 10.0. The van der Waals surface area contributed by atoms with Gasteiger partial charge in [-0.3, -0.25) is 4.79 Å². The van der Waals surface area contributed by atoms with Crippen LogP contribution in [0.5, 0.6) is 0 Å². The Kier molecular flexibility index (Phi) is 2.58. The van der Waals surface area contributed by atoms with Crippen molar-refractivity contribution in [2.45, 2.75) is 26.2 Å². The van der Waals surface area contributed by atoms with E-state index in [1.165, 1.54) is 30.6 Å². The Bertz CT molecular complexity index is 445. The van der Waals surface area contributed by atoms with Gasteiger partial charge in [-0.1, -0.05) is 17.8 Å². The maximum atomic E-state index is 12.4. The van der Waals surface area contributed by atoms with Crippen LogP contribution < -0.4 is 5.73 Å². The second-order valence-corrected chi connectivity index (χ2v) is 6.16. The third-order valence-corrected chi connectivity index (χ3v) is 5.00. The second-order valence-electron chi connectivity index (χ2n) is 5.13. The summed E-state index contributed by atoms with van der Waals surface area (Å²) in [7, 11) is 0. The molecule has 2 heterocycles. The zero-order valence-corrected chi connectivity index (χ0v) is 10.8. The molecule has 1 aromatic heterocycles. The average molecular weight is 251 g/mol. The van der Waals surface area contributed by atoms with Gasteiger partial charge in [0.2, 0.25) is 0 Å². The lowest BCUT2D eigenvalue weighted by Crippen LogP contribution is -2.29. The van der Waals surface area contributed by atoms with Crippen LogP contribution in [-0.2, 0) is 0 Å². The number of fused-ring (bicyclic) bond motifs is 1. The first-order valence-electron chi connectivity index (χ1n) is 6.17. The van der Waals surface area contributed by atoms with Crippen LogP contribution in [0.1, 0.15) is 34.6 Å². The highest BCUT2D eigenvalue weighted by molar-refractivity contribution is 7.17. The number of aromatic nitrogens is 1. The Labute approximate surface area is 105 Å². The summed E-state index contributed by atoms with van der Waals surface area (Å²) in [6.45, 7) is 3.72. The van der Waals surface area contributed by atoms with E-state index in [0.717, 1.165) is 35.5 Å². The molecule has 0 bridgehead atoms. The predicted molar refractivity (Wildman–Crippen MR) is 68.0 cm³/mol. The van der Waals surface area contributed by atoms with Gasteiger partial charge in [-0.15, -0.1) is 0 Å². The van der Waals surface area contributed by atoms with Crippen LogP contribution in [0.3, 0.4) is 0 Å². The maximum Gasteiger partial charge on any atom is 0.265 e. The number of thiazole rings is 1. The van der Waals surface area contributed by atoms with Crippen LogP contribution in [-0.4, -0.2) is 28.9 Å². The Morgan fingerprint density at radius 2 is 2.06 bits per heavy atom. The highest BCUT2D eigenvalue weighted by Crippen LogP contribution is 2.38. The van der Waals surface area contributed by atoms with E-state index in [9.17, 15) is 4.79 Å². The molecule has 2 atom stereocenters. The third kappa shape index (κ3) is 1.82. The van der Waals surface area contributed by atoms with Gasteiger partial charge in [0.15, 0.2) is 5.13 Å². The Balaban J connectivity index is 1.77. The fourth-order valence-corrected chi connectivity index (χ4v) is 3.96. The largest absolute Gasteiger partial charge is 0.375 e. The molecule has 0 aromatic carbocycles. The zero-order valence-electron chi connectivity index (χ0n) is 9.98. The highest BCUT2D eigenvalue weighted by atomic mass is 32.1. The summed E-state index contributed by atoms with van der Waals surface area (Å²) in [5.74, 6) is 1.61.